The van der Waals surface area contributed by atoms with E-state index in [0.717, 1.165) is 28.9 Å². The van der Waals surface area contributed by atoms with E-state index in [0.29, 0.717) is 64.1 Å². The van der Waals surface area contributed by atoms with E-state index in [1.54, 1.807) is 17.9 Å². The molecule has 1 aliphatic rings. The largest absolute Gasteiger partial charge is 0.379 e. The Labute approximate surface area is 217 Å². The molecular weight excluding hydrogens is 507 g/mol. The van der Waals surface area contributed by atoms with E-state index in [1.807, 2.05) is 37.3 Å². The molecule has 1 aliphatic heterocycles. The van der Waals surface area contributed by atoms with Crippen molar-refractivity contribution in [3.05, 3.63) is 63.3 Å². The maximum absolute atomic E-state index is 14.1. The van der Waals surface area contributed by atoms with Crippen LogP contribution in [0.3, 0.4) is 0 Å². The molecule has 2 aromatic heterocycles. The number of nitrogens with zero attached hydrogens (tertiary/aromatic N) is 4. The number of hydrogen-bond donors (Lipinski definition) is 0. The summed E-state index contributed by atoms with van der Waals surface area (Å²) in [4.78, 5) is 22.9. The molecule has 0 saturated carbocycles. The van der Waals surface area contributed by atoms with Crippen LogP contribution >= 0.6 is 34.5 Å². The van der Waals surface area contributed by atoms with Crippen molar-refractivity contribution in [2.75, 3.05) is 44.3 Å². The predicted octanol–water partition coefficient (Wildman–Crippen LogP) is 5.85. The van der Waals surface area contributed by atoms with E-state index < -0.39 is 0 Å². The van der Waals surface area contributed by atoms with Crippen LogP contribution in [0.1, 0.15) is 21.7 Å². The zero-order valence-corrected chi connectivity index (χ0v) is 21.7. The third kappa shape index (κ3) is 4.81. The summed E-state index contributed by atoms with van der Waals surface area (Å²) in [6.45, 7) is 7.87. The highest BCUT2D eigenvalue weighted by molar-refractivity contribution is 7.23. The number of aryl methyl sites for hydroxylation is 2. The molecule has 10 heteroatoms. The number of ether oxygens (including phenoxy) is 1. The molecule has 35 heavy (non-hydrogen) atoms. The maximum Gasteiger partial charge on any atom is 0.266 e. The van der Waals surface area contributed by atoms with Crippen LogP contribution in [0, 0.1) is 13.8 Å². The summed E-state index contributed by atoms with van der Waals surface area (Å²) in [5, 5.41) is 5.89. The second-order valence-corrected chi connectivity index (χ2v) is 10.2. The van der Waals surface area contributed by atoms with Gasteiger partial charge in [0.1, 0.15) is 17.0 Å². The molecule has 0 spiro atoms. The second-order valence-electron chi connectivity index (χ2n) is 8.39. The molecule has 0 radical (unpaired) electrons. The number of halogens is 2. The van der Waals surface area contributed by atoms with Crippen molar-refractivity contribution in [1.29, 1.82) is 0 Å². The highest BCUT2D eigenvalue weighted by atomic mass is 35.5. The minimum Gasteiger partial charge on any atom is -0.379 e. The van der Waals surface area contributed by atoms with Gasteiger partial charge in [0.05, 0.1) is 33.5 Å². The molecule has 1 amide bonds. The van der Waals surface area contributed by atoms with Crippen LogP contribution in [-0.4, -0.2) is 60.3 Å². The molecule has 0 N–H and O–H groups in total. The predicted molar refractivity (Wildman–Crippen MR) is 140 cm³/mol. The van der Waals surface area contributed by atoms with Gasteiger partial charge in [0.25, 0.3) is 5.91 Å². The van der Waals surface area contributed by atoms with Crippen LogP contribution in [0.25, 0.3) is 21.5 Å². The molecule has 0 unspecified atom stereocenters. The fraction of sp³-hybridized carbons (Fsp3) is 0.320. The Hall–Kier alpha value is -2.49. The Balaban J connectivity index is 1.57. The summed E-state index contributed by atoms with van der Waals surface area (Å²) in [7, 11) is 0. The van der Waals surface area contributed by atoms with Gasteiger partial charge in [0.15, 0.2) is 5.13 Å². The molecule has 4 aromatic rings. The molecule has 0 bridgehead atoms. The molecular formula is C25H24Cl2N4O3S. The molecule has 0 atom stereocenters. The number of amides is 1. The first kappa shape index (κ1) is 24.2. The Morgan fingerprint density at radius 1 is 1.11 bits per heavy atom. The lowest BCUT2D eigenvalue weighted by Crippen LogP contribution is -2.43. The van der Waals surface area contributed by atoms with Crippen LogP contribution in [0.4, 0.5) is 5.13 Å². The van der Waals surface area contributed by atoms with Crippen LogP contribution in [-0.2, 0) is 4.74 Å². The number of carbonyl (C=O) groups is 1. The zero-order chi connectivity index (χ0) is 24.5. The summed E-state index contributed by atoms with van der Waals surface area (Å²) in [6, 6.07) is 11.1. The zero-order valence-electron chi connectivity index (χ0n) is 19.4. The third-order valence-electron chi connectivity index (χ3n) is 6.11. The number of morpholine rings is 1. The SMILES string of the molecule is Cc1onc(-c2ccccc2Cl)c1C(=O)N(CCN1CCOCC1)c1nc2c(C)ccc(Cl)c2s1. The number of anilines is 1. The molecule has 7 nitrogen and oxygen atoms in total. The van der Waals surface area contributed by atoms with Gasteiger partial charge in [-0.15, -0.1) is 0 Å². The van der Waals surface area contributed by atoms with Gasteiger partial charge in [-0.05, 0) is 31.5 Å². The first-order valence-corrected chi connectivity index (χ1v) is 12.9. The number of hydrogen-bond acceptors (Lipinski definition) is 7. The Bertz CT molecular complexity index is 1340. The summed E-state index contributed by atoms with van der Waals surface area (Å²) in [6.07, 6.45) is 0. The first-order chi connectivity index (χ1) is 16.9. The smallest absolute Gasteiger partial charge is 0.266 e. The molecule has 182 valence electrons. The topological polar surface area (TPSA) is 71.7 Å². The summed E-state index contributed by atoms with van der Waals surface area (Å²) >= 11 is 14.3. The van der Waals surface area contributed by atoms with Crippen molar-refractivity contribution < 1.29 is 14.1 Å². The maximum atomic E-state index is 14.1. The third-order valence-corrected chi connectivity index (χ3v) is 7.98. The van der Waals surface area contributed by atoms with Gasteiger partial charge in [-0.3, -0.25) is 14.6 Å². The van der Waals surface area contributed by atoms with Gasteiger partial charge in [-0.2, -0.15) is 0 Å². The Morgan fingerprint density at radius 2 is 1.89 bits per heavy atom. The van der Waals surface area contributed by atoms with E-state index >= 15 is 0 Å². The van der Waals surface area contributed by atoms with Crippen molar-refractivity contribution in [1.82, 2.24) is 15.0 Å². The molecule has 0 aliphatic carbocycles. The lowest BCUT2D eigenvalue weighted by molar-refractivity contribution is 0.0391. The molecule has 2 aromatic carbocycles. The monoisotopic (exact) mass is 530 g/mol. The van der Waals surface area contributed by atoms with E-state index in [4.69, 9.17) is 37.4 Å². The van der Waals surface area contributed by atoms with Gasteiger partial charge in [0.2, 0.25) is 0 Å². The summed E-state index contributed by atoms with van der Waals surface area (Å²) < 4.78 is 11.8. The van der Waals surface area contributed by atoms with Crippen LogP contribution in [0.5, 0.6) is 0 Å². The fourth-order valence-corrected chi connectivity index (χ4v) is 5.72. The van der Waals surface area contributed by atoms with Gasteiger partial charge in [0, 0.05) is 31.7 Å². The normalized spacial score (nSPS) is 14.5. The number of rotatable bonds is 6. The van der Waals surface area contributed by atoms with Crippen molar-refractivity contribution >= 4 is 55.8 Å². The van der Waals surface area contributed by atoms with Gasteiger partial charge >= 0.3 is 0 Å². The highest BCUT2D eigenvalue weighted by Gasteiger charge is 2.30. The molecule has 1 saturated heterocycles. The van der Waals surface area contributed by atoms with Gasteiger partial charge in [-0.1, -0.05) is 64.0 Å². The average molecular weight is 531 g/mol. The van der Waals surface area contributed by atoms with Gasteiger partial charge in [-0.25, -0.2) is 4.98 Å². The fourth-order valence-electron chi connectivity index (χ4n) is 4.15. The number of benzene rings is 2. The summed E-state index contributed by atoms with van der Waals surface area (Å²) in [5.41, 5.74) is 3.25. The summed E-state index contributed by atoms with van der Waals surface area (Å²) in [5.74, 6) is 0.191. The second kappa shape index (κ2) is 10.2. The number of thiazole rings is 1. The standard InChI is InChI=1S/C25H24Cl2N4O3S/c1-15-7-8-19(27)23-21(15)28-25(35-23)31(10-9-30-11-13-33-14-12-30)24(32)20-16(2)34-29-22(20)17-5-3-4-6-18(17)26/h3-8H,9-14H2,1-2H3. The van der Waals surface area contributed by atoms with Gasteiger partial charge < -0.3 is 9.26 Å². The van der Waals surface area contributed by atoms with Crippen LogP contribution in [0.15, 0.2) is 40.9 Å². The van der Waals surface area contributed by atoms with Crippen molar-refractivity contribution in [3.8, 4) is 11.3 Å². The van der Waals surface area contributed by atoms with E-state index in [-0.39, 0.29) is 5.91 Å². The van der Waals surface area contributed by atoms with Crippen molar-refractivity contribution in [2.24, 2.45) is 0 Å². The van der Waals surface area contributed by atoms with Crippen molar-refractivity contribution in [3.63, 3.8) is 0 Å². The minimum absolute atomic E-state index is 0.236. The molecule has 1 fully saturated rings. The van der Waals surface area contributed by atoms with E-state index in [9.17, 15) is 4.79 Å². The molecule has 5 rings (SSSR count). The Kier molecular flexibility index (Phi) is 7.09. The lowest BCUT2D eigenvalue weighted by atomic mass is 10.1. The first-order valence-electron chi connectivity index (χ1n) is 11.3. The van der Waals surface area contributed by atoms with Crippen LogP contribution < -0.4 is 4.90 Å². The van der Waals surface area contributed by atoms with E-state index in [2.05, 4.69) is 10.1 Å². The van der Waals surface area contributed by atoms with Crippen molar-refractivity contribution in [2.45, 2.75) is 13.8 Å². The number of carbonyl (C=O) groups excluding carboxylic acids is 1. The van der Waals surface area contributed by atoms with Crippen LogP contribution in [0.2, 0.25) is 10.0 Å². The molecule has 3 heterocycles. The minimum atomic E-state index is -0.236. The number of fused-ring (bicyclic) bond motifs is 1. The average Bonchev–Trinajstić information content (AvgIpc) is 3.47. The Morgan fingerprint density at radius 3 is 2.63 bits per heavy atom. The number of aromatic nitrogens is 2. The quantitative estimate of drug-likeness (QED) is 0.311. The highest BCUT2D eigenvalue weighted by Crippen LogP contribution is 2.38. The van der Waals surface area contributed by atoms with E-state index in [1.165, 1.54) is 11.3 Å². The lowest BCUT2D eigenvalue weighted by Gasteiger charge is -2.29.